The quantitative estimate of drug-likeness (QED) is 0.260. The van der Waals surface area contributed by atoms with Crippen LogP contribution in [-0.4, -0.2) is 38.7 Å². The molecule has 1 saturated heterocycles. The third kappa shape index (κ3) is 3.04. The van der Waals surface area contributed by atoms with Crippen molar-refractivity contribution in [3.05, 3.63) is 64.4 Å². The molecule has 1 amide bonds. The summed E-state index contributed by atoms with van der Waals surface area (Å²) in [5.41, 5.74) is -1.48. The molecule has 146 valence electrons. The highest BCUT2D eigenvalue weighted by atomic mass is 35.5. The van der Waals surface area contributed by atoms with Gasteiger partial charge in [-0.05, 0) is 23.8 Å². The number of alkyl halides is 2. The van der Waals surface area contributed by atoms with E-state index < -0.39 is 17.9 Å². The lowest BCUT2D eigenvalue weighted by atomic mass is 9.92. The summed E-state index contributed by atoms with van der Waals surface area (Å²) < 4.78 is 37.7. The molecule has 3 heterocycles. The van der Waals surface area contributed by atoms with Gasteiger partial charge in [0.2, 0.25) is 5.91 Å². The lowest BCUT2D eigenvalue weighted by Gasteiger charge is -2.35. The van der Waals surface area contributed by atoms with Gasteiger partial charge in [-0.3, -0.25) is 4.79 Å². The fraction of sp³-hybridized carbons (Fsp3) is 0.188. The van der Waals surface area contributed by atoms with E-state index in [-0.39, 0.29) is 28.6 Å². The van der Waals surface area contributed by atoms with Gasteiger partial charge in [-0.15, -0.1) is 8.78 Å². The number of hydrazine groups is 1. The van der Waals surface area contributed by atoms with E-state index in [2.05, 4.69) is 14.7 Å². The van der Waals surface area contributed by atoms with Crippen LogP contribution in [0.5, 0.6) is 0 Å². The van der Waals surface area contributed by atoms with Crippen molar-refractivity contribution in [2.75, 3.05) is 0 Å². The van der Waals surface area contributed by atoms with E-state index in [1.165, 1.54) is 24.5 Å². The first kappa shape index (κ1) is 18.8. The third-order valence-corrected chi connectivity index (χ3v) is 4.70. The highest BCUT2D eigenvalue weighted by Crippen LogP contribution is 2.51. The van der Waals surface area contributed by atoms with Crippen molar-refractivity contribution in [1.29, 1.82) is 0 Å². The average Bonchev–Trinajstić information content (AvgIpc) is 2.92. The second-order valence-corrected chi connectivity index (χ2v) is 6.67. The molecule has 4 rings (SSSR count). The average molecular weight is 430 g/mol. The van der Waals surface area contributed by atoms with Crippen LogP contribution in [-0.2, 0) is 20.7 Å². The van der Waals surface area contributed by atoms with Crippen molar-refractivity contribution in [2.45, 2.75) is 18.4 Å². The molecule has 1 atom stereocenters. The Hall–Kier alpha value is -2.53. The number of allylic oxidation sites excluding steroid dienone is 2. The number of hydrogen-bond donors (Lipinski definition) is 1. The van der Waals surface area contributed by atoms with Gasteiger partial charge in [0.1, 0.15) is 11.5 Å². The second kappa shape index (κ2) is 6.52. The monoisotopic (exact) mass is 429 g/mol. The lowest BCUT2D eigenvalue weighted by Crippen LogP contribution is -2.46. The Kier molecular flexibility index (Phi) is 4.38. The fourth-order valence-electron chi connectivity index (χ4n) is 2.94. The number of hydrogen-bond acceptors (Lipinski definition) is 7. The molecule has 1 aliphatic carbocycles. The molecular weight excluding hydrogens is 419 g/mol. The molecule has 1 aromatic rings. The van der Waals surface area contributed by atoms with Gasteiger partial charge in [0.15, 0.2) is 5.76 Å². The van der Waals surface area contributed by atoms with Crippen LogP contribution in [0.15, 0.2) is 58.7 Å². The Morgan fingerprint density at radius 2 is 2.18 bits per heavy atom. The number of halogens is 4. The first-order chi connectivity index (χ1) is 13.2. The Bertz CT molecular complexity index is 981. The van der Waals surface area contributed by atoms with Gasteiger partial charge in [0.05, 0.1) is 17.7 Å². The minimum absolute atomic E-state index is 0.00723. The van der Waals surface area contributed by atoms with E-state index in [1.807, 2.05) is 0 Å². The van der Waals surface area contributed by atoms with E-state index in [0.717, 1.165) is 15.8 Å². The molecule has 1 spiro atoms. The number of nitrogens with zero attached hydrogens (tertiary/aromatic N) is 4. The maximum atomic E-state index is 13.7. The zero-order valence-electron chi connectivity index (χ0n) is 13.9. The van der Waals surface area contributed by atoms with E-state index in [1.54, 1.807) is 12.1 Å². The maximum absolute atomic E-state index is 13.7. The molecule has 0 radical (unpaired) electrons. The van der Waals surface area contributed by atoms with Crippen LogP contribution in [0.2, 0.25) is 5.15 Å². The number of nitrogens with two attached hydrogens (primary N) is 1. The Morgan fingerprint density at radius 3 is 2.93 bits per heavy atom. The summed E-state index contributed by atoms with van der Waals surface area (Å²) in [7, 11) is 0. The Balaban J connectivity index is 1.67. The first-order valence-electron chi connectivity index (χ1n) is 7.80. The normalized spacial score (nSPS) is 24.5. The highest BCUT2D eigenvalue weighted by molar-refractivity contribution is 6.30. The summed E-state index contributed by atoms with van der Waals surface area (Å²) in [6.45, 7) is 0. The zero-order valence-corrected chi connectivity index (χ0v) is 15.4. The molecule has 1 unspecified atom stereocenters. The maximum Gasteiger partial charge on any atom is 0.537 e. The fourth-order valence-corrected chi connectivity index (χ4v) is 3.27. The summed E-state index contributed by atoms with van der Waals surface area (Å²) in [4.78, 5) is 20.5. The van der Waals surface area contributed by atoms with Gasteiger partial charge in [-0.25, -0.2) is 30.0 Å². The van der Waals surface area contributed by atoms with Crippen molar-refractivity contribution >= 4 is 35.6 Å². The SMILES string of the molecule is NN(C(=O)Cc1cccnc1Cl)C1=CC=C2OC(F)(F)OC23N=CN(Cl)C=C13. The summed E-state index contributed by atoms with van der Waals surface area (Å²) in [6.07, 6.45) is 2.27. The third-order valence-electron chi connectivity index (χ3n) is 4.17. The predicted octanol–water partition coefficient (Wildman–Crippen LogP) is 2.44. The smallest absolute Gasteiger partial charge is 0.408 e. The number of carbonyl (C=O) groups is 1. The van der Waals surface area contributed by atoms with Gasteiger partial charge < -0.3 is 4.74 Å². The van der Waals surface area contributed by atoms with Crippen LogP contribution in [0.1, 0.15) is 5.56 Å². The number of aromatic nitrogens is 1. The van der Waals surface area contributed by atoms with Crippen molar-refractivity contribution in [2.24, 2.45) is 10.8 Å². The van der Waals surface area contributed by atoms with E-state index >= 15 is 0 Å². The number of carbonyl (C=O) groups excluding carboxylic acids is 1. The molecule has 3 aliphatic rings. The van der Waals surface area contributed by atoms with Crippen molar-refractivity contribution in [3.8, 4) is 0 Å². The summed E-state index contributed by atoms with van der Waals surface area (Å²) in [5.74, 6) is 5.14. The standard InChI is InChI=1S/C16H11Cl2F2N5O3/c17-14-9(2-1-5-22-14)6-13(26)25(21)11-3-4-12-15(28-16(19,20)27-12)10(11)7-24(18)8-23-15/h1-5,7-8H,6,21H2. The van der Waals surface area contributed by atoms with Gasteiger partial charge in [0.25, 0.3) is 5.72 Å². The van der Waals surface area contributed by atoms with Gasteiger partial charge >= 0.3 is 6.29 Å². The van der Waals surface area contributed by atoms with Crippen LogP contribution >= 0.6 is 23.4 Å². The van der Waals surface area contributed by atoms with Crippen molar-refractivity contribution in [1.82, 2.24) is 14.4 Å². The van der Waals surface area contributed by atoms with Crippen LogP contribution in [0, 0.1) is 0 Å². The van der Waals surface area contributed by atoms with Gasteiger partial charge in [-0.2, -0.15) is 0 Å². The Morgan fingerprint density at radius 1 is 1.39 bits per heavy atom. The molecule has 2 aliphatic heterocycles. The van der Waals surface area contributed by atoms with Crippen LogP contribution in [0.25, 0.3) is 0 Å². The van der Waals surface area contributed by atoms with E-state index in [4.69, 9.17) is 34.0 Å². The molecule has 0 saturated carbocycles. The second-order valence-electron chi connectivity index (χ2n) is 5.92. The summed E-state index contributed by atoms with van der Waals surface area (Å²) in [5, 5.41) is 0.941. The molecule has 0 aromatic carbocycles. The minimum atomic E-state index is -3.91. The minimum Gasteiger partial charge on any atom is -0.408 e. The molecular formula is C16H11Cl2F2N5O3. The summed E-state index contributed by atoms with van der Waals surface area (Å²) >= 11 is 11.9. The van der Waals surface area contributed by atoms with Crippen LogP contribution in [0.4, 0.5) is 8.78 Å². The predicted molar refractivity (Wildman–Crippen MR) is 94.3 cm³/mol. The number of ether oxygens (including phenoxy) is 2. The van der Waals surface area contributed by atoms with Crippen LogP contribution < -0.4 is 5.84 Å². The number of rotatable bonds is 3. The molecule has 2 N–H and O–H groups in total. The van der Waals surface area contributed by atoms with Crippen molar-refractivity contribution in [3.63, 3.8) is 0 Å². The van der Waals surface area contributed by atoms with Gasteiger partial charge in [0, 0.05) is 24.2 Å². The molecule has 1 aromatic heterocycles. The van der Waals surface area contributed by atoms with Gasteiger partial charge in [-0.1, -0.05) is 17.7 Å². The number of pyridine rings is 1. The topological polar surface area (TPSA) is 93.3 Å². The van der Waals surface area contributed by atoms with Crippen molar-refractivity contribution < 1.29 is 23.0 Å². The summed E-state index contributed by atoms with van der Waals surface area (Å²) in [6, 6.07) is 3.24. The zero-order chi connectivity index (χ0) is 20.1. The molecule has 1 fully saturated rings. The Labute approximate surface area is 167 Å². The van der Waals surface area contributed by atoms with E-state index in [0.29, 0.717) is 5.56 Å². The molecule has 8 nitrogen and oxygen atoms in total. The molecule has 28 heavy (non-hydrogen) atoms. The lowest BCUT2D eigenvalue weighted by molar-refractivity contribution is -0.349. The number of aliphatic imine (C=N–C) groups is 1. The van der Waals surface area contributed by atoms with E-state index in [9.17, 15) is 13.6 Å². The molecule has 12 heteroatoms. The highest BCUT2D eigenvalue weighted by Gasteiger charge is 2.62. The first-order valence-corrected chi connectivity index (χ1v) is 8.52. The molecule has 0 bridgehead atoms. The van der Waals surface area contributed by atoms with Crippen LogP contribution in [0.3, 0.4) is 0 Å². The largest absolute Gasteiger partial charge is 0.537 e. The number of amides is 1.